The van der Waals surface area contributed by atoms with E-state index < -0.39 is 11.9 Å². The van der Waals surface area contributed by atoms with Crippen LogP contribution in [0.15, 0.2) is 28.8 Å². The van der Waals surface area contributed by atoms with Crippen molar-refractivity contribution in [3.63, 3.8) is 0 Å². The van der Waals surface area contributed by atoms with Gasteiger partial charge in [0.05, 0.1) is 18.4 Å². The van der Waals surface area contributed by atoms with E-state index in [2.05, 4.69) is 9.89 Å². The molecule has 6 nitrogen and oxygen atoms in total. The third-order valence-corrected chi connectivity index (χ3v) is 2.96. The van der Waals surface area contributed by atoms with Gasteiger partial charge in [-0.3, -0.25) is 0 Å². The fraction of sp³-hybridized carbons (Fsp3) is 0.267. The van der Waals surface area contributed by atoms with E-state index in [1.807, 2.05) is 6.92 Å². The Morgan fingerprint density at radius 3 is 2.43 bits per heavy atom. The standard InChI is InChI=1S/C15H15NO5/c1-4-12-13(9(2)21-16-12)15(18)20-11-7-5-10(6-8-11)14(17)19-3/h5-8H,4H2,1-3H3. The molecule has 0 bridgehead atoms. The van der Waals surface area contributed by atoms with Crippen LogP contribution in [0.5, 0.6) is 5.75 Å². The van der Waals surface area contributed by atoms with Gasteiger partial charge in [0, 0.05) is 0 Å². The highest BCUT2D eigenvalue weighted by molar-refractivity contribution is 5.93. The van der Waals surface area contributed by atoms with Gasteiger partial charge in [-0.1, -0.05) is 12.1 Å². The molecule has 1 heterocycles. The van der Waals surface area contributed by atoms with Crippen molar-refractivity contribution < 1.29 is 23.6 Å². The highest BCUT2D eigenvalue weighted by atomic mass is 16.5. The molecule has 1 aromatic carbocycles. The van der Waals surface area contributed by atoms with E-state index in [4.69, 9.17) is 9.26 Å². The highest BCUT2D eigenvalue weighted by Crippen LogP contribution is 2.19. The molecule has 2 rings (SSSR count). The summed E-state index contributed by atoms with van der Waals surface area (Å²) in [4.78, 5) is 23.4. The van der Waals surface area contributed by atoms with Crippen LogP contribution in [0, 0.1) is 6.92 Å². The van der Waals surface area contributed by atoms with Crippen LogP contribution in [-0.2, 0) is 11.2 Å². The summed E-state index contributed by atoms with van der Waals surface area (Å²) >= 11 is 0. The van der Waals surface area contributed by atoms with Crippen molar-refractivity contribution in [1.82, 2.24) is 5.16 Å². The lowest BCUT2D eigenvalue weighted by atomic mass is 10.1. The average molecular weight is 289 g/mol. The summed E-state index contributed by atoms with van der Waals surface area (Å²) in [6.45, 7) is 3.53. The van der Waals surface area contributed by atoms with Crippen molar-refractivity contribution >= 4 is 11.9 Å². The van der Waals surface area contributed by atoms with Crippen molar-refractivity contribution in [2.75, 3.05) is 7.11 Å². The molecule has 0 saturated carbocycles. The molecule has 2 aromatic rings. The summed E-state index contributed by atoms with van der Waals surface area (Å²) in [5.41, 5.74) is 1.28. The van der Waals surface area contributed by atoms with E-state index >= 15 is 0 Å². The molecule has 0 atom stereocenters. The summed E-state index contributed by atoms with van der Waals surface area (Å²) in [6.07, 6.45) is 0.572. The van der Waals surface area contributed by atoms with Crippen molar-refractivity contribution in [2.45, 2.75) is 20.3 Å². The number of benzene rings is 1. The lowest BCUT2D eigenvalue weighted by Crippen LogP contribution is -2.11. The molecule has 0 spiro atoms. The number of ether oxygens (including phenoxy) is 2. The normalized spacial score (nSPS) is 10.2. The molecule has 0 amide bonds. The van der Waals surface area contributed by atoms with E-state index in [0.29, 0.717) is 34.8 Å². The van der Waals surface area contributed by atoms with Crippen LogP contribution in [0.4, 0.5) is 0 Å². The molecular weight excluding hydrogens is 274 g/mol. The molecule has 0 aliphatic heterocycles. The number of nitrogens with zero attached hydrogens (tertiary/aromatic N) is 1. The van der Waals surface area contributed by atoms with Gasteiger partial charge >= 0.3 is 11.9 Å². The fourth-order valence-corrected chi connectivity index (χ4v) is 1.86. The van der Waals surface area contributed by atoms with Gasteiger partial charge in [0.1, 0.15) is 17.1 Å². The van der Waals surface area contributed by atoms with Crippen LogP contribution in [0.3, 0.4) is 0 Å². The first kappa shape index (κ1) is 14.8. The molecule has 0 saturated heterocycles. The molecule has 0 unspecified atom stereocenters. The largest absolute Gasteiger partial charge is 0.465 e. The second-order valence-corrected chi connectivity index (χ2v) is 4.32. The zero-order valence-electron chi connectivity index (χ0n) is 12.0. The first-order valence-corrected chi connectivity index (χ1v) is 6.42. The maximum absolute atomic E-state index is 12.1. The van der Waals surface area contributed by atoms with Gasteiger partial charge < -0.3 is 14.0 Å². The molecule has 21 heavy (non-hydrogen) atoms. The minimum atomic E-state index is -0.531. The lowest BCUT2D eigenvalue weighted by Gasteiger charge is -2.05. The Morgan fingerprint density at radius 1 is 1.19 bits per heavy atom. The lowest BCUT2D eigenvalue weighted by molar-refractivity contribution is 0.0600. The topological polar surface area (TPSA) is 78.6 Å². The second kappa shape index (κ2) is 6.21. The molecule has 6 heteroatoms. The van der Waals surface area contributed by atoms with Gasteiger partial charge in [-0.15, -0.1) is 0 Å². The minimum Gasteiger partial charge on any atom is -0.465 e. The zero-order chi connectivity index (χ0) is 15.4. The summed E-state index contributed by atoms with van der Waals surface area (Å²) in [5.74, 6) is -0.231. The van der Waals surface area contributed by atoms with E-state index in [1.54, 1.807) is 6.92 Å². The van der Waals surface area contributed by atoms with Gasteiger partial charge in [-0.25, -0.2) is 9.59 Å². The Morgan fingerprint density at radius 2 is 1.86 bits per heavy atom. The van der Waals surface area contributed by atoms with Crippen LogP contribution in [0.25, 0.3) is 0 Å². The summed E-state index contributed by atoms with van der Waals surface area (Å²) in [7, 11) is 1.30. The van der Waals surface area contributed by atoms with Crippen LogP contribution in [0.1, 0.15) is 39.1 Å². The molecule has 0 aliphatic rings. The van der Waals surface area contributed by atoms with E-state index in [1.165, 1.54) is 31.4 Å². The van der Waals surface area contributed by atoms with Crippen LogP contribution >= 0.6 is 0 Å². The van der Waals surface area contributed by atoms with Gasteiger partial charge in [0.15, 0.2) is 0 Å². The van der Waals surface area contributed by atoms with Gasteiger partial charge in [-0.05, 0) is 37.6 Å². The summed E-state index contributed by atoms with van der Waals surface area (Å²) in [6, 6.07) is 6.10. The number of aryl methyl sites for hydroxylation is 2. The Balaban J connectivity index is 2.16. The number of esters is 2. The van der Waals surface area contributed by atoms with Crippen molar-refractivity contribution in [1.29, 1.82) is 0 Å². The number of hydrogen-bond donors (Lipinski definition) is 0. The maximum Gasteiger partial charge on any atom is 0.349 e. The number of methoxy groups -OCH3 is 1. The molecule has 0 aliphatic carbocycles. The minimum absolute atomic E-state index is 0.329. The molecule has 1 aromatic heterocycles. The first-order chi connectivity index (χ1) is 10.1. The number of aromatic nitrogens is 1. The molecule has 0 radical (unpaired) electrons. The smallest absolute Gasteiger partial charge is 0.349 e. The first-order valence-electron chi connectivity index (χ1n) is 6.42. The molecule has 110 valence electrons. The van der Waals surface area contributed by atoms with E-state index in [-0.39, 0.29) is 0 Å². The van der Waals surface area contributed by atoms with E-state index in [0.717, 1.165) is 0 Å². The number of carbonyl (C=O) groups is 2. The Bertz CT molecular complexity index is 657. The molecule has 0 N–H and O–H groups in total. The number of carbonyl (C=O) groups excluding carboxylic acids is 2. The third kappa shape index (κ3) is 3.10. The monoisotopic (exact) mass is 289 g/mol. The van der Waals surface area contributed by atoms with Gasteiger partial charge in [0.25, 0.3) is 0 Å². The fourth-order valence-electron chi connectivity index (χ4n) is 1.86. The average Bonchev–Trinajstić information content (AvgIpc) is 2.88. The third-order valence-electron chi connectivity index (χ3n) is 2.96. The molecular formula is C15H15NO5. The van der Waals surface area contributed by atoms with Crippen LogP contribution in [0.2, 0.25) is 0 Å². The predicted octanol–water partition coefficient (Wildman–Crippen LogP) is 2.55. The summed E-state index contributed by atoms with van der Waals surface area (Å²) < 4.78 is 14.9. The summed E-state index contributed by atoms with van der Waals surface area (Å²) in [5, 5.41) is 3.81. The van der Waals surface area contributed by atoms with Gasteiger partial charge in [-0.2, -0.15) is 0 Å². The van der Waals surface area contributed by atoms with Crippen molar-refractivity contribution in [2.24, 2.45) is 0 Å². The van der Waals surface area contributed by atoms with Crippen molar-refractivity contribution in [3.8, 4) is 5.75 Å². The van der Waals surface area contributed by atoms with E-state index in [9.17, 15) is 9.59 Å². The Hall–Kier alpha value is -2.63. The zero-order valence-corrected chi connectivity index (χ0v) is 12.0. The van der Waals surface area contributed by atoms with Crippen molar-refractivity contribution in [3.05, 3.63) is 46.8 Å². The number of rotatable bonds is 4. The Kier molecular flexibility index (Phi) is 4.37. The Labute approximate surface area is 121 Å². The molecule has 0 fully saturated rings. The highest BCUT2D eigenvalue weighted by Gasteiger charge is 2.21. The number of hydrogen-bond acceptors (Lipinski definition) is 6. The SMILES string of the molecule is CCc1noc(C)c1C(=O)Oc1ccc(C(=O)OC)cc1. The quantitative estimate of drug-likeness (QED) is 0.635. The predicted molar refractivity (Wildman–Crippen MR) is 73.4 cm³/mol. The van der Waals surface area contributed by atoms with Gasteiger partial charge in [0.2, 0.25) is 0 Å². The van der Waals surface area contributed by atoms with Crippen LogP contribution in [-0.4, -0.2) is 24.2 Å². The second-order valence-electron chi connectivity index (χ2n) is 4.32. The maximum atomic E-state index is 12.1. The van der Waals surface area contributed by atoms with Crippen LogP contribution < -0.4 is 4.74 Å².